The Morgan fingerprint density at radius 2 is 2.24 bits per heavy atom. The molecule has 116 valence electrons. The summed E-state index contributed by atoms with van der Waals surface area (Å²) in [5, 5.41) is 20.8. The summed E-state index contributed by atoms with van der Waals surface area (Å²) in [5.41, 5.74) is 6.80. The number of rotatable bonds is 5. The fourth-order valence-corrected chi connectivity index (χ4v) is 2.88. The molecule has 2 atom stereocenters. The van der Waals surface area contributed by atoms with Crippen LogP contribution >= 0.6 is 0 Å². The molecule has 7 heteroatoms. The van der Waals surface area contributed by atoms with E-state index in [-0.39, 0.29) is 23.5 Å². The molecule has 1 aliphatic heterocycles. The number of anilines is 1. The van der Waals surface area contributed by atoms with Gasteiger partial charge in [0.25, 0.3) is 5.69 Å². The van der Waals surface area contributed by atoms with E-state index in [4.69, 9.17) is 5.73 Å². The predicted molar refractivity (Wildman–Crippen MR) is 80.9 cm³/mol. The van der Waals surface area contributed by atoms with Crippen LogP contribution in [0.15, 0.2) is 18.2 Å². The fraction of sp³-hybridized carbons (Fsp3) is 0.571. The molecule has 3 N–H and O–H groups in total. The second-order valence-electron chi connectivity index (χ2n) is 5.84. The summed E-state index contributed by atoms with van der Waals surface area (Å²) in [6.07, 6.45) is 0.363. The second-order valence-corrected chi connectivity index (χ2v) is 5.84. The maximum Gasteiger partial charge on any atom is 0.292 e. The van der Waals surface area contributed by atoms with Crippen LogP contribution in [-0.4, -0.2) is 59.2 Å². The normalized spacial score (nSPS) is 22.9. The van der Waals surface area contributed by atoms with Gasteiger partial charge in [0.05, 0.1) is 11.0 Å². The molecule has 1 aromatic carbocycles. The van der Waals surface area contributed by atoms with E-state index in [2.05, 4.69) is 9.80 Å². The van der Waals surface area contributed by atoms with Gasteiger partial charge in [0.15, 0.2) is 0 Å². The van der Waals surface area contributed by atoms with Gasteiger partial charge >= 0.3 is 0 Å². The van der Waals surface area contributed by atoms with E-state index in [0.29, 0.717) is 19.5 Å². The van der Waals surface area contributed by atoms with Crippen LogP contribution in [0.3, 0.4) is 0 Å². The molecule has 1 aliphatic rings. The monoisotopic (exact) mass is 294 g/mol. The van der Waals surface area contributed by atoms with Crippen LogP contribution in [0, 0.1) is 10.1 Å². The van der Waals surface area contributed by atoms with Gasteiger partial charge in [-0.1, -0.05) is 12.1 Å². The van der Waals surface area contributed by atoms with Crippen LogP contribution in [0.2, 0.25) is 0 Å². The van der Waals surface area contributed by atoms with Crippen LogP contribution in [0.25, 0.3) is 0 Å². The van der Waals surface area contributed by atoms with Crippen LogP contribution in [-0.2, 0) is 6.54 Å². The lowest BCUT2D eigenvalue weighted by molar-refractivity contribution is -0.384. The molecule has 2 unspecified atom stereocenters. The third kappa shape index (κ3) is 3.69. The van der Waals surface area contributed by atoms with Crippen LogP contribution in [0.5, 0.6) is 0 Å². The van der Waals surface area contributed by atoms with Gasteiger partial charge in [-0.25, -0.2) is 0 Å². The van der Waals surface area contributed by atoms with Crippen LogP contribution < -0.4 is 5.73 Å². The molecular weight excluding hydrogens is 272 g/mol. The number of aliphatic hydroxyl groups is 1. The standard InChI is InChI=1S/C14H22N4O3/c1-16(2)8-11-6-12(19)9-17(11)7-10-4-3-5-13(14(10)15)18(20)21/h3-5,11-12,19H,6-9,15H2,1-2H3. The number of para-hydroxylation sites is 1. The summed E-state index contributed by atoms with van der Waals surface area (Å²) in [5.74, 6) is 0. The van der Waals surface area contributed by atoms with Gasteiger partial charge < -0.3 is 15.7 Å². The zero-order chi connectivity index (χ0) is 15.6. The van der Waals surface area contributed by atoms with Gasteiger partial charge in [0.2, 0.25) is 0 Å². The number of nitrogens with two attached hydrogens (primary N) is 1. The molecule has 1 fully saturated rings. The second kappa shape index (κ2) is 6.38. The van der Waals surface area contributed by atoms with Crippen molar-refractivity contribution >= 4 is 11.4 Å². The zero-order valence-corrected chi connectivity index (χ0v) is 12.4. The molecule has 0 saturated carbocycles. The van der Waals surface area contributed by atoms with E-state index in [1.54, 1.807) is 12.1 Å². The molecule has 1 heterocycles. The molecule has 7 nitrogen and oxygen atoms in total. The first-order valence-corrected chi connectivity index (χ1v) is 6.97. The third-order valence-electron chi connectivity index (χ3n) is 3.83. The highest BCUT2D eigenvalue weighted by Gasteiger charge is 2.31. The van der Waals surface area contributed by atoms with Gasteiger partial charge in [-0.15, -0.1) is 0 Å². The third-order valence-corrected chi connectivity index (χ3v) is 3.83. The molecule has 0 aromatic heterocycles. The summed E-state index contributed by atoms with van der Waals surface area (Å²) < 4.78 is 0. The molecule has 0 radical (unpaired) electrons. The summed E-state index contributed by atoms with van der Waals surface area (Å²) in [4.78, 5) is 14.7. The minimum Gasteiger partial charge on any atom is -0.393 e. The highest BCUT2D eigenvalue weighted by Crippen LogP contribution is 2.28. The summed E-state index contributed by atoms with van der Waals surface area (Å²) in [6.45, 7) is 1.93. The first kappa shape index (κ1) is 15.7. The van der Waals surface area contributed by atoms with Gasteiger partial charge in [-0.3, -0.25) is 15.0 Å². The smallest absolute Gasteiger partial charge is 0.292 e. The zero-order valence-electron chi connectivity index (χ0n) is 12.4. The number of hydrogen-bond donors (Lipinski definition) is 2. The van der Waals surface area contributed by atoms with Crippen molar-refractivity contribution in [1.29, 1.82) is 0 Å². The number of aliphatic hydroxyl groups excluding tert-OH is 1. The van der Waals surface area contributed by atoms with Gasteiger partial charge in [-0.2, -0.15) is 0 Å². The summed E-state index contributed by atoms with van der Waals surface area (Å²) in [7, 11) is 3.98. The number of nitro groups is 1. The van der Waals surface area contributed by atoms with Crippen LogP contribution in [0.1, 0.15) is 12.0 Å². The SMILES string of the molecule is CN(C)CC1CC(O)CN1Cc1cccc([N+](=O)[O-])c1N. The first-order chi connectivity index (χ1) is 9.88. The van der Waals surface area contributed by atoms with Crippen molar-refractivity contribution in [2.45, 2.75) is 25.1 Å². The lowest BCUT2D eigenvalue weighted by Crippen LogP contribution is -2.37. The minimum atomic E-state index is -0.463. The predicted octanol–water partition coefficient (Wildman–Crippen LogP) is 0.674. The van der Waals surface area contributed by atoms with Gasteiger partial charge in [-0.05, 0) is 26.1 Å². The highest BCUT2D eigenvalue weighted by atomic mass is 16.6. The number of β-amino-alcohol motifs (C(OH)–C–C–N with tert-alkyl or cyclic N) is 1. The molecule has 0 bridgehead atoms. The lowest BCUT2D eigenvalue weighted by atomic mass is 10.1. The molecule has 0 amide bonds. The van der Waals surface area contributed by atoms with Crippen molar-refractivity contribution in [3.63, 3.8) is 0 Å². The quantitative estimate of drug-likeness (QED) is 0.471. The first-order valence-electron chi connectivity index (χ1n) is 6.97. The Balaban J connectivity index is 2.17. The van der Waals surface area contributed by atoms with Crippen LogP contribution in [0.4, 0.5) is 11.4 Å². The van der Waals surface area contributed by atoms with Crippen molar-refractivity contribution in [2.24, 2.45) is 0 Å². The van der Waals surface area contributed by atoms with Crippen molar-refractivity contribution in [1.82, 2.24) is 9.80 Å². The topological polar surface area (TPSA) is 95.9 Å². The van der Waals surface area contributed by atoms with E-state index in [0.717, 1.165) is 12.1 Å². The number of hydrogen-bond acceptors (Lipinski definition) is 6. The van der Waals surface area contributed by atoms with Crippen molar-refractivity contribution in [3.05, 3.63) is 33.9 Å². The Kier molecular flexibility index (Phi) is 4.76. The number of nitrogen functional groups attached to an aromatic ring is 1. The van der Waals surface area contributed by atoms with E-state index in [1.807, 2.05) is 14.1 Å². The Hall–Kier alpha value is -1.70. The van der Waals surface area contributed by atoms with E-state index in [9.17, 15) is 15.2 Å². The maximum absolute atomic E-state index is 10.9. The van der Waals surface area contributed by atoms with E-state index in [1.165, 1.54) is 6.07 Å². The summed E-state index contributed by atoms with van der Waals surface area (Å²) >= 11 is 0. The number of likely N-dealkylation sites (N-methyl/N-ethyl adjacent to an activating group) is 1. The molecular formula is C14H22N4O3. The maximum atomic E-state index is 10.9. The lowest BCUT2D eigenvalue weighted by Gasteiger charge is -2.27. The highest BCUT2D eigenvalue weighted by molar-refractivity contribution is 5.62. The van der Waals surface area contributed by atoms with E-state index >= 15 is 0 Å². The van der Waals surface area contributed by atoms with Gasteiger partial charge in [0, 0.05) is 31.7 Å². The molecule has 0 aliphatic carbocycles. The van der Waals surface area contributed by atoms with E-state index < -0.39 is 4.92 Å². The molecule has 0 spiro atoms. The Morgan fingerprint density at radius 1 is 1.52 bits per heavy atom. The minimum absolute atomic E-state index is 0.0589. The average molecular weight is 294 g/mol. The largest absolute Gasteiger partial charge is 0.393 e. The summed E-state index contributed by atoms with van der Waals surface area (Å²) in [6, 6.07) is 5.10. The molecule has 1 aromatic rings. The average Bonchev–Trinajstić information content (AvgIpc) is 2.70. The number of likely N-dealkylation sites (tertiary alicyclic amines) is 1. The number of nitro benzene ring substituents is 1. The van der Waals surface area contributed by atoms with Crippen molar-refractivity contribution in [3.8, 4) is 0 Å². The fourth-order valence-electron chi connectivity index (χ4n) is 2.88. The molecule has 21 heavy (non-hydrogen) atoms. The van der Waals surface area contributed by atoms with Crippen molar-refractivity contribution in [2.75, 3.05) is 32.9 Å². The molecule has 1 saturated heterocycles. The molecule has 2 rings (SSSR count). The Morgan fingerprint density at radius 3 is 2.86 bits per heavy atom. The number of nitrogens with zero attached hydrogens (tertiary/aromatic N) is 3. The number of benzene rings is 1. The Labute approximate surface area is 124 Å². The Bertz CT molecular complexity index is 521. The van der Waals surface area contributed by atoms with Gasteiger partial charge in [0.1, 0.15) is 5.69 Å². The van der Waals surface area contributed by atoms with Crippen molar-refractivity contribution < 1.29 is 10.0 Å².